The molecule has 0 unspecified atom stereocenters. The largest absolute Gasteiger partial charge is 0.506 e. The topological polar surface area (TPSA) is 73.1 Å². The number of fused-ring (bicyclic) bond motifs is 4. The van der Waals surface area contributed by atoms with Crippen LogP contribution in [0.1, 0.15) is 57.2 Å². The lowest BCUT2D eigenvalue weighted by atomic mass is 9.86. The van der Waals surface area contributed by atoms with Crippen LogP contribution in [0.5, 0.6) is 17.4 Å². The lowest BCUT2D eigenvalue weighted by Gasteiger charge is -2.20. The SMILES string of the molecule is Cc1cnc(-n2c3cc(Oc4ccc5cc(C(C)(C)C)cc(O)c5n4)ccc3c3c(C(C)C)cccc32)nc1. The summed E-state index contributed by atoms with van der Waals surface area (Å²) in [5, 5.41) is 13.9. The highest BCUT2D eigenvalue weighted by atomic mass is 16.5. The van der Waals surface area contributed by atoms with Gasteiger partial charge in [0.1, 0.15) is 17.0 Å². The Labute approximate surface area is 227 Å². The summed E-state index contributed by atoms with van der Waals surface area (Å²) in [7, 11) is 0. The molecule has 6 aromatic rings. The fourth-order valence-corrected chi connectivity index (χ4v) is 5.15. The van der Waals surface area contributed by atoms with Gasteiger partial charge in [0.2, 0.25) is 11.8 Å². The van der Waals surface area contributed by atoms with E-state index < -0.39 is 0 Å². The van der Waals surface area contributed by atoms with Crippen LogP contribution in [-0.2, 0) is 5.41 Å². The van der Waals surface area contributed by atoms with Gasteiger partial charge in [-0.3, -0.25) is 4.57 Å². The number of nitrogens with zero attached hydrogens (tertiary/aromatic N) is 4. The number of pyridine rings is 1. The summed E-state index contributed by atoms with van der Waals surface area (Å²) in [4.78, 5) is 13.9. The van der Waals surface area contributed by atoms with Crippen molar-refractivity contribution in [3.63, 3.8) is 0 Å². The summed E-state index contributed by atoms with van der Waals surface area (Å²) in [5.74, 6) is 2.18. The molecular weight excluding hydrogens is 484 g/mol. The van der Waals surface area contributed by atoms with Crippen molar-refractivity contribution in [1.82, 2.24) is 19.5 Å². The van der Waals surface area contributed by atoms with E-state index in [-0.39, 0.29) is 11.2 Å². The summed E-state index contributed by atoms with van der Waals surface area (Å²) in [6, 6.07) is 20.1. The Bertz CT molecular complexity index is 1860. The van der Waals surface area contributed by atoms with Gasteiger partial charge >= 0.3 is 0 Å². The average molecular weight is 517 g/mol. The predicted molar refractivity (Wildman–Crippen MR) is 157 cm³/mol. The van der Waals surface area contributed by atoms with Crippen LogP contribution in [0.25, 0.3) is 38.7 Å². The number of phenols is 1. The number of hydrogen-bond acceptors (Lipinski definition) is 5. The van der Waals surface area contributed by atoms with Crippen molar-refractivity contribution in [3.8, 4) is 23.3 Å². The second-order valence-corrected chi connectivity index (χ2v) is 11.5. The molecule has 0 saturated carbocycles. The first-order chi connectivity index (χ1) is 18.6. The van der Waals surface area contributed by atoms with Gasteiger partial charge in [0.15, 0.2) is 0 Å². The molecule has 0 spiro atoms. The summed E-state index contributed by atoms with van der Waals surface area (Å²) >= 11 is 0. The average Bonchev–Trinajstić information content (AvgIpc) is 3.22. The fourth-order valence-electron chi connectivity index (χ4n) is 5.15. The number of ether oxygens (including phenoxy) is 1. The molecule has 196 valence electrons. The van der Waals surface area contributed by atoms with Crippen molar-refractivity contribution >= 4 is 32.7 Å². The highest BCUT2D eigenvalue weighted by Crippen LogP contribution is 2.39. The smallest absolute Gasteiger partial charge is 0.234 e. The van der Waals surface area contributed by atoms with Crippen LogP contribution in [0.15, 0.2) is 73.1 Å². The van der Waals surface area contributed by atoms with Crippen molar-refractivity contribution in [2.75, 3.05) is 0 Å². The summed E-state index contributed by atoms with van der Waals surface area (Å²) < 4.78 is 8.35. The molecule has 0 bridgehead atoms. The number of aryl methyl sites for hydroxylation is 1. The van der Waals surface area contributed by atoms with Crippen LogP contribution in [0.3, 0.4) is 0 Å². The minimum absolute atomic E-state index is 0.0781. The van der Waals surface area contributed by atoms with Crippen LogP contribution in [-0.4, -0.2) is 24.6 Å². The monoisotopic (exact) mass is 516 g/mol. The van der Waals surface area contributed by atoms with Gasteiger partial charge in [-0.05, 0) is 71.3 Å². The lowest BCUT2D eigenvalue weighted by Crippen LogP contribution is -2.10. The van der Waals surface area contributed by atoms with Crippen LogP contribution >= 0.6 is 0 Å². The molecule has 0 fully saturated rings. The van der Waals surface area contributed by atoms with Crippen molar-refractivity contribution in [1.29, 1.82) is 0 Å². The van der Waals surface area contributed by atoms with Gasteiger partial charge in [-0.2, -0.15) is 0 Å². The molecular formula is C33H32N4O2. The molecule has 6 heteroatoms. The molecule has 39 heavy (non-hydrogen) atoms. The van der Waals surface area contributed by atoms with E-state index in [1.165, 1.54) is 10.9 Å². The van der Waals surface area contributed by atoms with E-state index in [4.69, 9.17) is 4.74 Å². The molecule has 3 aromatic heterocycles. The molecule has 3 aromatic carbocycles. The Morgan fingerprint density at radius 1 is 0.897 bits per heavy atom. The minimum Gasteiger partial charge on any atom is -0.506 e. The van der Waals surface area contributed by atoms with Gasteiger partial charge in [-0.15, -0.1) is 0 Å². The van der Waals surface area contributed by atoms with Gasteiger partial charge in [-0.1, -0.05) is 46.8 Å². The Balaban J connectivity index is 1.49. The highest BCUT2D eigenvalue weighted by Gasteiger charge is 2.20. The van der Waals surface area contributed by atoms with E-state index in [2.05, 4.69) is 84.5 Å². The number of hydrogen-bond donors (Lipinski definition) is 1. The van der Waals surface area contributed by atoms with Gasteiger partial charge in [-0.25, -0.2) is 15.0 Å². The van der Waals surface area contributed by atoms with Gasteiger partial charge in [0.25, 0.3) is 0 Å². The predicted octanol–water partition coefficient (Wildman–Crippen LogP) is 8.35. The van der Waals surface area contributed by atoms with Crippen LogP contribution in [0, 0.1) is 6.92 Å². The summed E-state index contributed by atoms with van der Waals surface area (Å²) in [6.45, 7) is 12.8. The first-order valence-corrected chi connectivity index (χ1v) is 13.3. The molecule has 0 aliphatic rings. The number of benzene rings is 3. The van der Waals surface area contributed by atoms with Gasteiger partial charge < -0.3 is 9.84 Å². The quantitative estimate of drug-likeness (QED) is 0.255. The third kappa shape index (κ3) is 4.36. The fraction of sp³-hybridized carbons (Fsp3) is 0.242. The Morgan fingerprint density at radius 3 is 2.38 bits per heavy atom. The second kappa shape index (κ2) is 9.09. The zero-order chi connectivity index (χ0) is 27.5. The standard InChI is InChI=1S/C33H32N4O2/c1-19(2)24-8-7-9-26-30(24)25-12-11-23(16-27(25)37(26)32-34-17-20(3)18-35-32)39-29-13-10-21-14-22(33(4,5)6)15-28(38)31(21)36-29/h7-19,38H,1-6H3. The van der Waals surface area contributed by atoms with E-state index >= 15 is 0 Å². The highest BCUT2D eigenvalue weighted by molar-refractivity contribution is 6.11. The molecule has 0 aliphatic carbocycles. The van der Waals surface area contributed by atoms with Crippen molar-refractivity contribution in [3.05, 3.63) is 89.7 Å². The number of aromatic hydroxyl groups is 1. The lowest BCUT2D eigenvalue weighted by molar-refractivity contribution is 0.459. The van der Waals surface area contributed by atoms with E-state index in [1.54, 1.807) is 6.07 Å². The van der Waals surface area contributed by atoms with Crippen molar-refractivity contribution < 1.29 is 9.84 Å². The zero-order valence-corrected chi connectivity index (χ0v) is 23.1. The zero-order valence-electron chi connectivity index (χ0n) is 23.1. The molecule has 0 aliphatic heterocycles. The second-order valence-electron chi connectivity index (χ2n) is 11.5. The van der Waals surface area contributed by atoms with Crippen LogP contribution in [0.2, 0.25) is 0 Å². The number of phenolic OH excluding ortho intramolecular Hbond substituents is 1. The molecule has 3 heterocycles. The Kier molecular flexibility index (Phi) is 5.79. The van der Waals surface area contributed by atoms with Crippen LogP contribution < -0.4 is 4.74 Å². The minimum atomic E-state index is -0.0781. The normalized spacial score (nSPS) is 12.2. The summed E-state index contributed by atoms with van der Waals surface area (Å²) in [5.41, 5.74) is 5.79. The molecule has 1 N–H and O–H groups in total. The van der Waals surface area contributed by atoms with E-state index in [9.17, 15) is 5.11 Å². The van der Waals surface area contributed by atoms with Crippen molar-refractivity contribution in [2.45, 2.75) is 52.9 Å². The molecule has 0 amide bonds. The molecule has 6 rings (SSSR count). The molecule has 6 nitrogen and oxygen atoms in total. The van der Waals surface area contributed by atoms with E-state index in [0.29, 0.717) is 29.0 Å². The maximum atomic E-state index is 10.7. The molecule has 0 atom stereocenters. The summed E-state index contributed by atoms with van der Waals surface area (Å²) in [6.07, 6.45) is 3.67. The Morgan fingerprint density at radius 2 is 1.67 bits per heavy atom. The van der Waals surface area contributed by atoms with Gasteiger partial charge in [0.05, 0.1) is 11.0 Å². The maximum absolute atomic E-state index is 10.7. The third-order valence-electron chi connectivity index (χ3n) is 7.22. The molecule has 0 radical (unpaired) electrons. The number of aromatic nitrogens is 4. The molecule has 0 saturated heterocycles. The third-order valence-corrected chi connectivity index (χ3v) is 7.22. The van der Waals surface area contributed by atoms with Crippen molar-refractivity contribution in [2.24, 2.45) is 0 Å². The Hall–Kier alpha value is -4.45. The van der Waals surface area contributed by atoms with Crippen LogP contribution in [0.4, 0.5) is 0 Å². The van der Waals surface area contributed by atoms with E-state index in [1.807, 2.05) is 43.6 Å². The first kappa shape index (κ1) is 24.9. The van der Waals surface area contributed by atoms with E-state index in [0.717, 1.165) is 32.9 Å². The number of rotatable bonds is 4. The first-order valence-electron chi connectivity index (χ1n) is 13.3. The van der Waals surface area contributed by atoms with Gasteiger partial charge in [0, 0.05) is 40.7 Å². The maximum Gasteiger partial charge on any atom is 0.234 e.